The lowest BCUT2D eigenvalue weighted by atomic mass is 10.1. The third-order valence-corrected chi connectivity index (χ3v) is 4.39. The molecule has 112 valence electrons. The number of sulfonamides is 1. The number of benzene rings is 1. The van der Waals surface area contributed by atoms with Crippen LogP contribution < -0.4 is 4.31 Å². The molecule has 1 aromatic carbocycles. The molecule has 0 fully saturated rings. The number of carboxylic acid groups (broad SMARTS) is 1. The van der Waals surface area contributed by atoms with Gasteiger partial charge in [0.05, 0.1) is 17.5 Å². The molecule has 0 radical (unpaired) electrons. The van der Waals surface area contributed by atoms with Gasteiger partial charge in [0.1, 0.15) is 10.8 Å². The van der Waals surface area contributed by atoms with E-state index in [4.69, 9.17) is 11.6 Å². The van der Waals surface area contributed by atoms with Gasteiger partial charge in [0.2, 0.25) is 10.0 Å². The minimum absolute atomic E-state index is 0.0518. The molecular weight excluding hydrogens is 309 g/mol. The second kappa shape index (κ2) is 5.97. The normalized spacial score (nSPS) is 11.4. The van der Waals surface area contributed by atoms with E-state index >= 15 is 0 Å². The van der Waals surface area contributed by atoms with E-state index in [2.05, 4.69) is 0 Å². The molecule has 0 bridgehead atoms. The van der Waals surface area contributed by atoms with Crippen LogP contribution in [0.2, 0.25) is 5.02 Å². The molecule has 0 aliphatic rings. The molecule has 0 amide bonds. The molecule has 0 heterocycles. The van der Waals surface area contributed by atoms with E-state index in [1.807, 2.05) is 0 Å². The van der Waals surface area contributed by atoms with E-state index in [1.54, 1.807) is 6.92 Å². The molecule has 0 spiro atoms. The molecule has 0 aliphatic heterocycles. The van der Waals surface area contributed by atoms with E-state index in [0.29, 0.717) is 0 Å². The van der Waals surface area contributed by atoms with Crippen LogP contribution in [0.25, 0.3) is 0 Å². The summed E-state index contributed by atoms with van der Waals surface area (Å²) in [6, 6.07) is 1.12. The van der Waals surface area contributed by atoms with Crippen LogP contribution in [0, 0.1) is 5.82 Å². The van der Waals surface area contributed by atoms with E-state index in [0.717, 1.165) is 16.6 Å². The average Bonchev–Trinajstić information content (AvgIpc) is 2.33. The lowest BCUT2D eigenvalue weighted by Crippen LogP contribution is -2.31. The summed E-state index contributed by atoms with van der Waals surface area (Å²) in [6.45, 7) is 3.10. The molecule has 1 N–H and O–H groups in total. The SMILES string of the molecule is CCc1cc(C(=O)O)c(N(CC)S(C)(=O)=O)c(Cl)c1F. The van der Waals surface area contributed by atoms with Crippen molar-refractivity contribution in [1.29, 1.82) is 0 Å². The summed E-state index contributed by atoms with van der Waals surface area (Å²) < 4.78 is 38.2. The second-order valence-corrected chi connectivity index (χ2v) is 6.43. The van der Waals surface area contributed by atoms with Crippen molar-refractivity contribution in [3.8, 4) is 0 Å². The maximum absolute atomic E-state index is 14.0. The summed E-state index contributed by atoms with van der Waals surface area (Å²) in [5, 5.41) is 8.72. The number of hydrogen-bond donors (Lipinski definition) is 1. The Morgan fingerprint density at radius 3 is 2.35 bits per heavy atom. The molecule has 0 saturated heterocycles. The Bertz CT molecular complexity index is 645. The molecule has 0 saturated carbocycles. The first-order valence-corrected chi connectivity index (χ1v) is 8.09. The van der Waals surface area contributed by atoms with Gasteiger partial charge >= 0.3 is 5.97 Å². The van der Waals surface area contributed by atoms with Crippen LogP contribution >= 0.6 is 11.6 Å². The van der Waals surface area contributed by atoms with Gasteiger partial charge in [-0.2, -0.15) is 0 Å². The molecule has 5 nitrogen and oxygen atoms in total. The van der Waals surface area contributed by atoms with Crippen LogP contribution in [0.15, 0.2) is 6.07 Å². The molecule has 20 heavy (non-hydrogen) atoms. The molecule has 0 unspecified atom stereocenters. The van der Waals surface area contributed by atoms with Gasteiger partial charge in [-0.1, -0.05) is 18.5 Å². The van der Waals surface area contributed by atoms with Crippen molar-refractivity contribution in [2.24, 2.45) is 0 Å². The summed E-state index contributed by atoms with van der Waals surface area (Å²) in [5.74, 6) is -2.16. The summed E-state index contributed by atoms with van der Waals surface area (Å²) >= 11 is 5.86. The van der Waals surface area contributed by atoms with E-state index in [1.165, 1.54) is 6.92 Å². The minimum atomic E-state index is -3.76. The summed E-state index contributed by atoms with van der Waals surface area (Å²) in [5.41, 5.74) is -0.542. The van der Waals surface area contributed by atoms with Gasteiger partial charge < -0.3 is 5.11 Å². The van der Waals surface area contributed by atoms with Gasteiger partial charge in [0, 0.05) is 6.54 Å². The van der Waals surface area contributed by atoms with E-state index in [-0.39, 0.29) is 29.8 Å². The Labute approximate surface area is 122 Å². The highest BCUT2D eigenvalue weighted by molar-refractivity contribution is 7.92. The van der Waals surface area contributed by atoms with Crippen molar-refractivity contribution in [2.75, 3.05) is 17.1 Å². The fraction of sp³-hybridized carbons (Fsp3) is 0.417. The van der Waals surface area contributed by atoms with Crippen molar-refractivity contribution >= 4 is 33.3 Å². The Morgan fingerprint density at radius 1 is 1.45 bits per heavy atom. The van der Waals surface area contributed by atoms with Gasteiger partial charge in [-0.3, -0.25) is 4.31 Å². The quantitative estimate of drug-likeness (QED) is 0.903. The Hall–Kier alpha value is -1.34. The van der Waals surface area contributed by atoms with Crippen molar-refractivity contribution in [3.05, 3.63) is 28.0 Å². The first-order chi connectivity index (χ1) is 9.15. The standard InChI is InChI=1S/C12H15ClFNO4S/c1-4-7-6-8(12(16)17)11(9(13)10(7)14)15(5-2)20(3,18)19/h6H,4-5H2,1-3H3,(H,16,17). The first-order valence-electron chi connectivity index (χ1n) is 5.86. The smallest absolute Gasteiger partial charge is 0.337 e. The maximum Gasteiger partial charge on any atom is 0.337 e. The highest BCUT2D eigenvalue weighted by Crippen LogP contribution is 2.36. The average molecular weight is 324 g/mol. The fourth-order valence-corrected chi connectivity index (χ4v) is 3.26. The van der Waals surface area contributed by atoms with Crippen LogP contribution in [0.4, 0.5) is 10.1 Å². The molecule has 1 aromatic rings. The maximum atomic E-state index is 14.0. The van der Waals surface area contributed by atoms with Crippen LogP contribution in [0.5, 0.6) is 0 Å². The first kappa shape index (κ1) is 16.7. The monoisotopic (exact) mass is 323 g/mol. The van der Waals surface area contributed by atoms with Gasteiger partial charge in [-0.05, 0) is 25.0 Å². The highest BCUT2D eigenvalue weighted by Gasteiger charge is 2.28. The Morgan fingerprint density at radius 2 is 2.00 bits per heavy atom. The summed E-state index contributed by atoms with van der Waals surface area (Å²) in [6.07, 6.45) is 1.15. The number of rotatable bonds is 5. The third kappa shape index (κ3) is 3.04. The van der Waals surface area contributed by atoms with E-state index < -0.39 is 26.8 Å². The van der Waals surface area contributed by atoms with Crippen LogP contribution in [0.1, 0.15) is 29.8 Å². The largest absolute Gasteiger partial charge is 0.478 e. The van der Waals surface area contributed by atoms with Gasteiger partial charge in [-0.15, -0.1) is 0 Å². The van der Waals surface area contributed by atoms with Crippen molar-refractivity contribution < 1.29 is 22.7 Å². The number of nitrogens with zero attached hydrogens (tertiary/aromatic N) is 1. The van der Waals surface area contributed by atoms with E-state index in [9.17, 15) is 22.7 Å². The molecule has 8 heteroatoms. The fourth-order valence-electron chi connectivity index (χ4n) is 1.89. The number of hydrogen-bond acceptors (Lipinski definition) is 3. The van der Waals surface area contributed by atoms with Crippen molar-refractivity contribution in [2.45, 2.75) is 20.3 Å². The lowest BCUT2D eigenvalue weighted by Gasteiger charge is -2.24. The zero-order valence-corrected chi connectivity index (χ0v) is 12.8. The van der Waals surface area contributed by atoms with Crippen LogP contribution in [0.3, 0.4) is 0 Å². The topological polar surface area (TPSA) is 74.7 Å². The number of anilines is 1. The molecule has 1 rings (SSSR count). The molecule has 0 aliphatic carbocycles. The van der Waals surface area contributed by atoms with Crippen molar-refractivity contribution in [1.82, 2.24) is 0 Å². The number of aromatic carboxylic acids is 1. The Kier molecular flexibility index (Phi) is 4.99. The molecule has 0 atom stereocenters. The number of carbonyl (C=O) groups is 1. The number of aryl methyl sites for hydroxylation is 1. The summed E-state index contributed by atoms with van der Waals surface area (Å²) in [7, 11) is -3.76. The number of carboxylic acids is 1. The van der Waals surface area contributed by atoms with Gasteiger partial charge in [-0.25, -0.2) is 17.6 Å². The van der Waals surface area contributed by atoms with Crippen LogP contribution in [-0.4, -0.2) is 32.3 Å². The summed E-state index contributed by atoms with van der Waals surface area (Å²) in [4.78, 5) is 11.3. The molecular formula is C12H15ClFNO4S. The Balaban J connectivity index is 3.76. The second-order valence-electron chi connectivity index (χ2n) is 4.15. The van der Waals surface area contributed by atoms with Crippen LogP contribution in [-0.2, 0) is 16.4 Å². The lowest BCUT2D eigenvalue weighted by molar-refractivity contribution is 0.0697. The number of halogens is 2. The highest BCUT2D eigenvalue weighted by atomic mass is 35.5. The van der Waals surface area contributed by atoms with Gasteiger partial charge in [0.25, 0.3) is 0 Å². The van der Waals surface area contributed by atoms with Crippen molar-refractivity contribution in [3.63, 3.8) is 0 Å². The zero-order chi connectivity index (χ0) is 15.7. The molecule has 0 aromatic heterocycles. The third-order valence-electron chi connectivity index (χ3n) is 2.80. The minimum Gasteiger partial charge on any atom is -0.478 e. The zero-order valence-electron chi connectivity index (χ0n) is 11.3. The van der Waals surface area contributed by atoms with Gasteiger partial charge in [0.15, 0.2) is 0 Å². The predicted molar refractivity (Wildman–Crippen MR) is 75.6 cm³/mol. The predicted octanol–water partition coefficient (Wildman–Crippen LogP) is 2.53.